The molecule has 6 heteroatoms. The van der Waals surface area contributed by atoms with Crippen LogP contribution in [-0.2, 0) is 0 Å². The first-order valence-corrected chi connectivity index (χ1v) is 7.50. The van der Waals surface area contributed by atoms with Crippen molar-refractivity contribution in [3.05, 3.63) is 15.6 Å². The lowest BCUT2D eigenvalue weighted by Crippen LogP contribution is -2.17. The summed E-state index contributed by atoms with van der Waals surface area (Å²) in [5.74, 6) is 0.623. The van der Waals surface area contributed by atoms with E-state index in [1.165, 1.54) is 10.4 Å². The minimum atomic E-state index is 0.543. The minimum Gasteiger partial charge on any atom is -0.354 e. The van der Waals surface area contributed by atoms with Gasteiger partial charge in [0, 0.05) is 11.4 Å². The third kappa shape index (κ3) is 3.35. The van der Waals surface area contributed by atoms with E-state index in [4.69, 9.17) is 11.6 Å². The Morgan fingerprint density at radius 1 is 1.26 bits per heavy atom. The number of nitrogens with zero attached hydrogens (tertiary/aromatic N) is 3. The molecule has 104 valence electrons. The summed E-state index contributed by atoms with van der Waals surface area (Å²) in [6.07, 6.45) is 1.05. The van der Waals surface area contributed by atoms with E-state index < -0.39 is 0 Å². The highest BCUT2D eigenvalue weighted by Gasteiger charge is 2.12. The van der Waals surface area contributed by atoms with Crippen LogP contribution in [0.3, 0.4) is 0 Å². The van der Waals surface area contributed by atoms with Crippen molar-refractivity contribution in [2.45, 2.75) is 20.3 Å². The maximum Gasteiger partial charge on any atom is 0.225 e. The van der Waals surface area contributed by atoms with Gasteiger partial charge in [-0.2, -0.15) is 0 Å². The Labute approximate surface area is 122 Å². The number of hydrogen-bond donors (Lipinski definition) is 1. The summed E-state index contributed by atoms with van der Waals surface area (Å²) in [7, 11) is 4.13. The van der Waals surface area contributed by atoms with E-state index >= 15 is 0 Å². The van der Waals surface area contributed by atoms with Crippen molar-refractivity contribution < 1.29 is 0 Å². The molecular weight excluding hydrogens is 280 g/mol. The molecule has 2 heterocycles. The Kier molecular flexibility index (Phi) is 4.60. The maximum absolute atomic E-state index is 6.25. The van der Waals surface area contributed by atoms with Crippen LogP contribution in [0.15, 0.2) is 0 Å². The molecule has 2 aromatic heterocycles. The van der Waals surface area contributed by atoms with Gasteiger partial charge in [0.1, 0.15) is 9.98 Å². The second kappa shape index (κ2) is 6.03. The highest BCUT2D eigenvalue weighted by atomic mass is 35.5. The number of halogens is 1. The van der Waals surface area contributed by atoms with Crippen LogP contribution in [0, 0.1) is 13.8 Å². The molecule has 0 aliphatic rings. The van der Waals surface area contributed by atoms with Crippen LogP contribution in [0.1, 0.15) is 16.9 Å². The number of fused-ring (bicyclic) bond motifs is 1. The number of nitrogens with one attached hydrogen (secondary N) is 1. The molecular formula is C13H19ClN4S. The fourth-order valence-corrected chi connectivity index (χ4v) is 3.27. The van der Waals surface area contributed by atoms with Gasteiger partial charge >= 0.3 is 0 Å². The molecule has 0 amide bonds. The molecule has 0 spiro atoms. The fraction of sp³-hybridized carbons (Fsp3) is 0.538. The number of anilines is 1. The Morgan fingerprint density at radius 2 is 2.00 bits per heavy atom. The molecule has 0 aliphatic carbocycles. The molecule has 0 fully saturated rings. The second-order valence-electron chi connectivity index (χ2n) is 4.89. The molecule has 0 saturated heterocycles. The highest BCUT2D eigenvalue weighted by Crippen LogP contribution is 2.33. The van der Waals surface area contributed by atoms with Crippen LogP contribution in [0.4, 0.5) is 5.95 Å². The number of aryl methyl sites for hydroxylation is 2. The van der Waals surface area contributed by atoms with Gasteiger partial charge in [-0.3, -0.25) is 0 Å². The van der Waals surface area contributed by atoms with Gasteiger partial charge in [0.25, 0.3) is 0 Å². The van der Waals surface area contributed by atoms with E-state index in [9.17, 15) is 0 Å². The van der Waals surface area contributed by atoms with Gasteiger partial charge in [0.05, 0.1) is 5.39 Å². The first-order valence-electron chi connectivity index (χ1n) is 6.31. The monoisotopic (exact) mass is 298 g/mol. The van der Waals surface area contributed by atoms with Crippen LogP contribution in [-0.4, -0.2) is 42.1 Å². The van der Waals surface area contributed by atoms with E-state index in [2.05, 4.69) is 48.1 Å². The Morgan fingerprint density at radius 3 is 2.68 bits per heavy atom. The Hall–Kier alpha value is -0.910. The summed E-state index contributed by atoms with van der Waals surface area (Å²) >= 11 is 7.92. The zero-order valence-corrected chi connectivity index (χ0v) is 13.3. The molecule has 0 radical (unpaired) electrons. The Bertz CT molecular complexity index is 580. The highest BCUT2D eigenvalue weighted by molar-refractivity contribution is 7.18. The summed E-state index contributed by atoms with van der Waals surface area (Å²) in [5, 5.41) is 4.77. The first-order chi connectivity index (χ1) is 8.99. The van der Waals surface area contributed by atoms with E-state index in [1.54, 1.807) is 11.3 Å². The van der Waals surface area contributed by atoms with E-state index in [0.717, 1.165) is 29.7 Å². The van der Waals surface area contributed by atoms with Gasteiger partial charge in [-0.15, -0.1) is 11.3 Å². The average molecular weight is 299 g/mol. The Balaban J connectivity index is 2.13. The SMILES string of the molecule is Cc1sc2nc(NCCCN(C)C)nc(Cl)c2c1C. The molecule has 0 aliphatic heterocycles. The zero-order valence-electron chi connectivity index (χ0n) is 11.7. The quantitative estimate of drug-likeness (QED) is 0.679. The van der Waals surface area contributed by atoms with Crippen molar-refractivity contribution >= 4 is 39.1 Å². The van der Waals surface area contributed by atoms with Gasteiger partial charge in [-0.05, 0) is 46.5 Å². The number of aromatic nitrogens is 2. The molecule has 2 aromatic rings. The van der Waals surface area contributed by atoms with Crippen LogP contribution in [0.25, 0.3) is 10.2 Å². The number of thiophene rings is 1. The van der Waals surface area contributed by atoms with Gasteiger partial charge in [-0.1, -0.05) is 11.6 Å². The largest absolute Gasteiger partial charge is 0.354 e. The van der Waals surface area contributed by atoms with Crippen molar-refractivity contribution in [3.8, 4) is 0 Å². The third-order valence-electron chi connectivity index (χ3n) is 3.05. The normalized spacial score (nSPS) is 11.5. The van der Waals surface area contributed by atoms with Crippen molar-refractivity contribution in [1.82, 2.24) is 14.9 Å². The number of hydrogen-bond acceptors (Lipinski definition) is 5. The molecule has 0 unspecified atom stereocenters. The lowest BCUT2D eigenvalue weighted by molar-refractivity contribution is 0.405. The number of rotatable bonds is 5. The standard InChI is InChI=1S/C13H19ClN4S/c1-8-9(2)19-12-10(8)11(14)16-13(17-12)15-6-5-7-18(3)4/h5-7H2,1-4H3,(H,15,16,17). The van der Waals surface area contributed by atoms with Crippen LogP contribution in [0.2, 0.25) is 5.15 Å². The van der Waals surface area contributed by atoms with Crippen LogP contribution < -0.4 is 5.32 Å². The lowest BCUT2D eigenvalue weighted by Gasteiger charge is -2.10. The molecule has 19 heavy (non-hydrogen) atoms. The maximum atomic E-state index is 6.25. The van der Waals surface area contributed by atoms with Crippen LogP contribution >= 0.6 is 22.9 Å². The zero-order chi connectivity index (χ0) is 14.0. The molecule has 1 N–H and O–H groups in total. The fourth-order valence-electron chi connectivity index (χ4n) is 1.88. The average Bonchev–Trinajstić information content (AvgIpc) is 2.61. The summed E-state index contributed by atoms with van der Waals surface area (Å²) in [4.78, 5) is 13.2. The predicted molar refractivity (Wildman–Crippen MR) is 83.6 cm³/mol. The molecule has 4 nitrogen and oxygen atoms in total. The van der Waals surface area contributed by atoms with Gasteiger partial charge in [0.2, 0.25) is 5.95 Å². The minimum absolute atomic E-state index is 0.543. The molecule has 0 atom stereocenters. The molecule has 0 bridgehead atoms. The summed E-state index contributed by atoms with van der Waals surface area (Å²) < 4.78 is 0. The van der Waals surface area contributed by atoms with Crippen molar-refractivity contribution in [3.63, 3.8) is 0 Å². The van der Waals surface area contributed by atoms with E-state index in [0.29, 0.717) is 11.1 Å². The lowest BCUT2D eigenvalue weighted by atomic mass is 10.2. The molecule has 0 saturated carbocycles. The smallest absolute Gasteiger partial charge is 0.225 e. The van der Waals surface area contributed by atoms with Gasteiger partial charge in [-0.25, -0.2) is 9.97 Å². The van der Waals surface area contributed by atoms with Gasteiger partial charge < -0.3 is 10.2 Å². The second-order valence-corrected chi connectivity index (χ2v) is 6.45. The predicted octanol–water partition coefficient (Wildman–Crippen LogP) is 3.33. The molecule has 0 aromatic carbocycles. The third-order valence-corrected chi connectivity index (χ3v) is 4.42. The topological polar surface area (TPSA) is 41.1 Å². The van der Waals surface area contributed by atoms with Crippen molar-refractivity contribution in [1.29, 1.82) is 0 Å². The summed E-state index contributed by atoms with van der Waals surface area (Å²) in [6.45, 7) is 6.04. The molecule has 2 rings (SSSR count). The van der Waals surface area contributed by atoms with Crippen molar-refractivity contribution in [2.75, 3.05) is 32.5 Å². The van der Waals surface area contributed by atoms with Crippen molar-refractivity contribution in [2.24, 2.45) is 0 Å². The summed E-state index contributed by atoms with van der Waals surface area (Å²) in [5.41, 5.74) is 1.18. The van der Waals surface area contributed by atoms with Crippen LogP contribution in [0.5, 0.6) is 0 Å². The van der Waals surface area contributed by atoms with Gasteiger partial charge in [0.15, 0.2) is 0 Å². The van der Waals surface area contributed by atoms with E-state index in [-0.39, 0.29) is 0 Å². The first kappa shape index (κ1) is 14.5. The summed E-state index contributed by atoms with van der Waals surface area (Å²) in [6, 6.07) is 0. The van der Waals surface area contributed by atoms with E-state index in [1.807, 2.05) is 0 Å².